The van der Waals surface area contributed by atoms with Gasteiger partial charge in [-0.3, -0.25) is 4.79 Å². The van der Waals surface area contributed by atoms with E-state index in [1.54, 1.807) is 6.07 Å². The van der Waals surface area contributed by atoms with E-state index in [9.17, 15) is 4.79 Å². The molecule has 0 heterocycles. The highest BCUT2D eigenvalue weighted by atomic mass is 16.5. The molecule has 106 valence electrons. The molecule has 0 aliphatic rings. The number of carbonyl (C=O) groups excluding carboxylic acids is 1. The smallest absolute Gasteiger partial charge is 0.253 e. The molecular formula is C15H24N2O2. The molecule has 0 aromatic heterocycles. The second-order valence-corrected chi connectivity index (χ2v) is 5.07. The minimum Gasteiger partial charge on any atom is -0.398 e. The number of carbonyl (C=O) groups is 1. The summed E-state index contributed by atoms with van der Waals surface area (Å²) < 4.78 is 5.40. The summed E-state index contributed by atoms with van der Waals surface area (Å²) in [6.45, 7) is 9.17. The van der Waals surface area contributed by atoms with Gasteiger partial charge in [0, 0.05) is 12.3 Å². The molecule has 0 radical (unpaired) electrons. The van der Waals surface area contributed by atoms with Crippen LogP contribution in [0.25, 0.3) is 0 Å². The predicted molar refractivity (Wildman–Crippen MR) is 78.2 cm³/mol. The maximum Gasteiger partial charge on any atom is 0.253 e. The molecule has 0 saturated heterocycles. The zero-order chi connectivity index (χ0) is 14.4. The lowest BCUT2D eigenvalue weighted by Gasteiger charge is -2.22. The Morgan fingerprint density at radius 3 is 2.63 bits per heavy atom. The molecule has 0 aliphatic carbocycles. The van der Waals surface area contributed by atoms with Gasteiger partial charge in [0.2, 0.25) is 0 Å². The first-order valence-electron chi connectivity index (χ1n) is 6.70. The molecule has 0 bridgehead atoms. The van der Waals surface area contributed by atoms with Gasteiger partial charge in [-0.1, -0.05) is 19.9 Å². The van der Waals surface area contributed by atoms with Crippen LogP contribution in [0.5, 0.6) is 0 Å². The number of anilines is 1. The lowest BCUT2D eigenvalue weighted by Crippen LogP contribution is -2.42. The van der Waals surface area contributed by atoms with Crippen LogP contribution in [-0.2, 0) is 4.74 Å². The lowest BCUT2D eigenvalue weighted by atomic mass is 10.0. The van der Waals surface area contributed by atoms with Gasteiger partial charge in [0.05, 0.1) is 18.2 Å². The quantitative estimate of drug-likeness (QED) is 0.775. The number of aryl methyl sites for hydroxylation is 1. The van der Waals surface area contributed by atoms with Gasteiger partial charge >= 0.3 is 0 Å². The second kappa shape index (κ2) is 7.14. The Labute approximate surface area is 115 Å². The van der Waals surface area contributed by atoms with Crippen LogP contribution >= 0.6 is 0 Å². The summed E-state index contributed by atoms with van der Waals surface area (Å²) in [4.78, 5) is 12.2. The molecule has 1 aromatic carbocycles. The van der Waals surface area contributed by atoms with Crippen LogP contribution in [0.4, 0.5) is 5.69 Å². The number of rotatable bonds is 6. The van der Waals surface area contributed by atoms with Crippen LogP contribution in [0.15, 0.2) is 18.2 Å². The SMILES string of the molecule is CCOCC(NC(=O)c1ccc(C)cc1N)C(C)C. The Hall–Kier alpha value is -1.55. The van der Waals surface area contributed by atoms with Gasteiger partial charge in [0.15, 0.2) is 0 Å². The summed E-state index contributed by atoms with van der Waals surface area (Å²) in [5.74, 6) is 0.165. The Kier molecular flexibility index (Phi) is 5.83. The fourth-order valence-electron chi connectivity index (χ4n) is 1.78. The predicted octanol–water partition coefficient (Wildman–Crippen LogP) is 2.37. The van der Waals surface area contributed by atoms with E-state index in [0.29, 0.717) is 30.4 Å². The van der Waals surface area contributed by atoms with Gasteiger partial charge in [-0.25, -0.2) is 0 Å². The molecule has 0 saturated carbocycles. The van der Waals surface area contributed by atoms with Crippen LogP contribution in [0, 0.1) is 12.8 Å². The van der Waals surface area contributed by atoms with Crippen molar-refractivity contribution in [2.45, 2.75) is 33.7 Å². The van der Waals surface area contributed by atoms with Crippen LogP contribution in [0.3, 0.4) is 0 Å². The summed E-state index contributed by atoms with van der Waals surface area (Å²) >= 11 is 0. The highest BCUT2D eigenvalue weighted by Gasteiger charge is 2.18. The van der Waals surface area contributed by atoms with Crippen molar-refractivity contribution in [3.05, 3.63) is 29.3 Å². The van der Waals surface area contributed by atoms with Gasteiger partial charge in [-0.15, -0.1) is 0 Å². The van der Waals surface area contributed by atoms with Crippen molar-refractivity contribution in [1.29, 1.82) is 0 Å². The first-order valence-corrected chi connectivity index (χ1v) is 6.70. The van der Waals surface area contributed by atoms with Gasteiger partial charge in [0.1, 0.15) is 0 Å². The molecular weight excluding hydrogens is 240 g/mol. The van der Waals surface area contributed by atoms with E-state index < -0.39 is 0 Å². The monoisotopic (exact) mass is 264 g/mol. The summed E-state index contributed by atoms with van der Waals surface area (Å²) in [5, 5.41) is 2.98. The van der Waals surface area contributed by atoms with Crippen molar-refractivity contribution in [3.8, 4) is 0 Å². The normalized spacial score (nSPS) is 12.5. The highest BCUT2D eigenvalue weighted by molar-refractivity contribution is 5.99. The molecule has 1 atom stereocenters. The molecule has 3 N–H and O–H groups in total. The topological polar surface area (TPSA) is 64.3 Å². The van der Waals surface area contributed by atoms with E-state index in [1.807, 2.05) is 26.0 Å². The van der Waals surface area contributed by atoms with Crippen molar-refractivity contribution in [1.82, 2.24) is 5.32 Å². The van der Waals surface area contributed by atoms with Crippen molar-refractivity contribution in [2.24, 2.45) is 5.92 Å². The van der Waals surface area contributed by atoms with Gasteiger partial charge in [-0.05, 0) is 37.5 Å². The number of benzene rings is 1. The summed E-state index contributed by atoms with van der Waals surface area (Å²) in [5.41, 5.74) is 7.96. The zero-order valence-corrected chi connectivity index (χ0v) is 12.2. The first-order chi connectivity index (χ1) is 8.95. The highest BCUT2D eigenvalue weighted by Crippen LogP contribution is 2.14. The minimum absolute atomic E-state index is 0.00634. The number of hydrogen-bond acceptors (Lipinski definition) is 3. The summed E-state index contributed by atoms with van der Waals surface area (Å²) in [6, 6.07) is 5.45. The standard InChI is InChI=1S/C15H24N2O2/c1-5-19-9-14(10(2)3)17-15(18)12-7-6-11(4)8-13(12)16/h6-8,10,14H,5,9,16H2,1-4H3,(H,17,18). The van der Waals surface area contributed by atoms with Crippen molar-refractivity contribution < 1.29 is 9.53 Å². The van der Waals surface area contributed by atoms with E-state index in [-0.39, 0.29) is 11.9 Å². The molecule has 1 aromatic rings. The minimum atomic E-state index is -0.143. The number of nitrogens with one attached hydrogen (secondary N) is 1. The average Bonchev–Trinajstić information content (AvgIpc) is 2.33. The Bertz CT molecular complexity index is 430. The van der Waals surface area contributed by atoms with Crippen molar-refractivity contribution in [3.63, 3.8) is 0 Å². The van der Waals surface area contributed by atoms with Gasteiger partial charge in [-0.2, -0.15) is 0 Å². The van der Waals surface area contributed by atoms with E-state index in [0.717, 1.165) is 5.56 Å². The second-order valence-electron chi connectivity index (χ2n) is 5.07. The van der Waals surface area contributed by atoms with Crippen LogP contribution in [0.1, 0.15) is 36.7 Å². The van der Waals surface area contributed by atoms with E-state index in [4.69, 9.17) is 10.5 Å². The van der Waals surface area contributed by atoms with E-state index in [2.05, 4.69) is 19.2 Å². The molecule has 0 aliphatic heterocycles. The molecule has 4 nitrogen and oxygen atoms in total. The van der Waals surface area contributed by atoms with Crippen molar-refractivity contribution >= 4 is 11.6 Å². The van der Waals surface area contributed by atoms with E-state index >= 15 is 0 Å². The molecule has 4 heteroatoms. The lowest BCUT2D eigenvalue weighted by molar-refractivity contribution is 0.0807. The Balaban J connectivity index is 2.76. The first kappa shape index (κ1) is 15.5. The molecule has 19 heavy (non-hydrogen) atoms. The summed E-state index contributed by atoms with van der Waals surface area (Å²) in [6.07, 6.45) is 0. The van der Waals surface area contributed by atoms with E-state index in [1.165, 1.54) is 0 Å². The molecule has 1 unspecified atom stereocenters. The number of ether oxygens (including phenoxy) is 1. The zero-order valence-electron chi connectivity index (χ0n) is 12.2. The number of nitrogen functional groups attached to an aromatic ring is 1. The van der Waals surface area contributed by atoms with Crippen LogP contribution in [0.2, 0.25) is 0 Å². The molecule has 1 rings (SSSR count). The largest absolute Gasteiger partial charge is 0.398 e. The molecule has 0 spiro atoms. The van der Waals surface area contributed by atoms with Crippen molar-refractivity contribution in [2.75, 3.05) is 18.9 Å². The summed E-state index contributed by atoms with van der Waals surface area (Å²) in [7, 11) is 0. The third-order valence-corrected chi connectivity index (χ3v) is 3.07. The number of nitrogens with two attached hydrogens (primary N) is 1. The fourth-order valence-corrected chi connectivity index (χ4v) is 1.78. The third kappa shape index (κ3) is 4.56. The molecule has 1 amide bonds. The maximum absolute atomic E-state index is 12.2. The number of amides is 1. The number of hydrogen-bond donors (Lipinski definition) is 2. The maximum atomic E-state index is 12.2. The van der Waals surface area contributed by atoms with Crippen LogP contribution in [-0.4, -0.2) is 25.2 Å². The average molecular weight is 264 g/mol. The van der Waals surface area contributed by atoms with Crippen LogP contribution < -0.4 is 11.1 Å². The Morgan fingerprint density at radius 2 is 2.11 bits per heavy atom. The van der Waals surface area contributed by atoms with Gasteiger partial charge < -0.3 is 15.8 Å². The fraction of sp³-hybridized carbons (Fsp3) is 0.533. The van der Waals surface area contributed by atoms with Gasteiger partial charge in [0.25, 0.3) is 5.91 Å². The molecule has 0 fully saturated rings. The Morgan fingerprint density at radius 1 is 1.42 bits per heavy atom. The third-order valence-electron chi connectivity index (χ3n) is 3.07.